The largest absolute Gasteiger partial charge is 0.330 e. The number of carbonyl (C=O) groups is 1. The van der Waals surface area contributed by atoms with Crippen LogP contribution in [-0.4, -0.2) is 12.5 Å². The lowest BCUT2D eigenvalue weighted by Crippen LogP contribution is -2.28. The number of carbonyl (C=O) groups excluding carboxylic acids is 1. The minimum Gasteiger partial charge on any atom is -0.330 e. The summed E-state index contributed by atoms with van der Waals surface area (Å²) in [6.45, 7) is 2.22. The van der Waals surface area contributed by atoms with Crippen molar-refractivity contribution < 1.29 is 4.79 Å². The van der Waals surface area contributed by atoms with Gasteiger partial charge in [0, 0.05) is 11.0 Å². The summed E-state index contributed by atoms with van der Waals surface area (Å²) in [6.07, 6.45) is 0.685. The van der Waals surface area contributed by atoms with E-state index < -0.39 is 0 Å². The van der Waals surface area contributed by atoms with Crippen LogP contribution in [0, 0.1) is 5.92 Å². The molecule has 0 bridgehead atoms. The minimum absolute atomic E-state index is 0.143. The van der Waals surface area contributed by atoms with Crippen LogP contribution in [0.3, 0.4) is 0 Å². The Balaban J connectivity index is 2.89. The van der Waals surface area contributed by atoms with Crippen LogP contribution in [0.15, 0.2) is 16.6 Å². The standard InChI is InChI=1S/C11H13BrCl2N2O/c1-2-6(5-15)11(17)16-8-4-3-7(12)9(13)10(8)14/h3-4,6H,2,5,15H2,1H3,(H,16,17). The van der Waals surface area contributed by atoms with Gasteiger partial charge >= 0.3 is 0 Å². The summed E-state index contributed by atoms with van der Waals surface area (Å²) < 4.78 is 0.688. The van der Waals surface area contributed by atoms with Crippen LogP contribution >= 0.6 is 39.1 Å². The number of hydrogen-bond donors (Lipinski definition) is 2. The van der Waals surface area contributed by atoms with E-state index in [0.29, 0.717) is 33.2 Å². The smallest absolute Gasteiger partial charge is 0.228 e. The van der Waals surface area contributed by atoms with Crippen molar-refractivity contribution in [2.75, 3.05) is 11.9 Å². The number of anilines is 1. The average molecular weight is 340 g/mol. The van der Waals surface area contributed by atoms with E-state index in [1.807, 2.05) is 6.92 Å². The van der Waals surface area contributed by atoms with Crippen LogP contribution < -0.4 is 11.1 Å². The predicted octanol–water partition coefficient (Wildman–Crippen LogP) is 3.68. The quantitative estimate of drug-likeness (QED) is 0.822. The summed E-state index contributed by atoms with van der Waals surface area (Å²) in [5.41, 5.74) is 6.00. The molecule has 6 heteroatoms. The molecule has 0 radical (unpaired) electrons. The molecule has 0 aliphatic carbocycles. The molecule has 0 saturated carbocycles. The molecule has 3 N–H and O–H groups in total. The third-order valence-electron chi connectivity index (χ3n) is 2.44. The topological polar surface area (TPSA) is 55.1 Å². The van der Waals surface area contributed by atoms with Gasteiger partial charge in [-0.2, -0.15) is 0 Å². The Labute approximate surface area is 119 Å². The van der Waals surface area contributed by atoms with Crippen LogP contribution in [0.25, 0.3) is 0 Å². The summed E-state index contributed by atoms with van der Waals surface area (Å²) >= 11 is 15.2. The molecule has 0 aliphatic rings. The van der Waals surface area contributed by atoms with E-state index in [1.165, 1.54) is 0 Å². The monoisotopic (exact) mass is 338 g/mol. The van der Waals surface area contributed by atoms with Gasteiger partial charge in [0.25, 0.3) is 0 Å². The van der Waals surface area contributed by atoms with Gasteiger partial charge in [-0.25, -0.2) is 0 Å². The molecule has 1 atom stereocenters. The van der Waals surface area contributed by atoms with Gasteiger partial charge in [0.15, 0.2) is 0 Å². The number of rotatable bonds is 4. The van der Waals surface area contributed by atoms with Gasteiger partial charge in [-0.05, 0) is 34.5 Å². The molecular weight excluding hydrogens is 327 g/mol. The van der Waals surface area contributed by atoms with E-state index in [-0.39, 0.29) is 11.8 Å². The lowest BCUT2D eigenvalue weighted by molar-refractivity contribution is -0.119. The minimum atomic E-state index is -0.214. The maximum Gasteiger partial charge on any atom is 0.228 e. The second-order valence-electron chi connectivity index (χ2n) is 3.55. The van der Waals surface area contributed by atoms with E-state index in [4.69, 9.17) is 28.9 Å². The van der Waals surface area contributed by atoms with Crippen LogP contribution in [-0.2, 0) is 4.79 Å². The Morgan fingerprint density at radius 1 is 1.47 bits per heavy atom. The zero-order chi connectivity index (χ0) is 13.0. The Morgan fingerprint density at radius 3 is 2.65 bits per heavy atom. The van der Waals surface area contributed by atoms with Crippen molar-refractivity contribution in [1.82, 2.24) is 0 Å². The van der Waals surface area contributed by atoms with Crippen LogP contribution in [0.1, 0.15) is 13.3 Å². The van der Waals surface area contributed by atoms with Crippen molar-refractivity contribution in [1.29, 1.82) is 0 Å². The number of nitrogens with one attached hydrogen (secondary N) is 1. The highest BCUT2D eigenvalue weighted by Crippen LogP contribution is 2.35. The van der Waals surface area contributed by atoms with Gasteiger partial charge in [-0.1, -0.05) is 30.1 Å². The summed E-state index contributed by atoms with van der Waals surface area (Å²) in [5.74, 6) is -0.358. The zero-order valence-corrected chi connectivity index (χ0v) is 12.4. The van der Waals surface area contributed by atoms with E-state index in [0.717, 1.165) is 0 Å². The number of amides is 1. The Morgan fingerprint density at radius 2 is 2.12 bits per heavy atom. The molecule has 3 nitrogen and oxygen atoms in total. The first-order valence-corrected chi connectivity index (χ1v) is 6.70. The van der Waals surface area contributed by atoms with Crippen LogP contribution in [0.5, 0.6) is 0 Å². The Bertz CT molecular complexity index is 422. The van der Waals surface area contributed by atoms with Crippen molar-refractivity contribution in [2.45, 2.75) is 13.3 Å². The number of halogens is 3. The lowest BCUT2D eigenvalue weighted by Gasteiger charge is -2.14. The van der Waals surface area contributed by atoms with Crippen molar-refractivity contribution >= 4 is 50.7 Å². The third-order valence-corrected chi connectivity index (χ3v) is 4.21. The summed E-state index contributed by atoms with van der Waals surface area (Å²) in [5, 5.41) is 3.42. The first-order chi connectivity index (χ1) is 8.01. The predicted molar refractivity (Wildman–Crippen MR) is 75.6 cm³/mol. The lowest BCUT2D eigenvalue weighted by atomic mass is 10.1. The average Bonchev–Trinajstić information content (AvgIpc) is 2.31. The van der Waals surface area contributed by atoms with Gasteiger partial charge in [0.1, 0.15) is 0 Å². The Kier molecular flexibility index (Phi) is 5.73. The highest BCUT2D eigenvalue weighted by atomic mass is 79.9. The van der Waals surface area contributed by atoms with Crippen molar-refractivity contribution in [3.8, 4) is 0 Å². The molecule has 17 heavy (non-hydrogen) atoms. The van der Waals surface area contributed by atoms with Gasteiger partial charge in [0.2, 0.25) is 5.91 Å². The first-order valence-electron chi connectivity index (χ1n) is 5.15. The molecule has 1 amide bonds. The highest BCUT2D eigenvalue weighted by molar-refractivity contribution is 9.10. The molecule has 0 fully saturated rings. The first kappa shape index (κ1) is 14.8. The molecule has 0 aliphatic heterocycles. The molecule has 0 spiro atoms. The molecule has 94 valence electrons. The van der Waals surface area contributed by atoms with Gasteiger partial charge < -0.3 is 11.1 Å². The second kappa shape index (κ2) is 6.59. The van der Waals surface area contributed by atoms with E-state index in [1.54, 1.807) is 12.1 Å². The van der Waals surface area contributed by atoms with Gasteiger partial charge in [-0.15, -0.1) is 0 Å². The molecule has 1 aromatic carbocycles. The van der Waals surface area contributed by atoms with Crippen LogP contribution in [0.4, 0.5) is 5.69 Å². The fourth-order valence-electron chi connectivity index (χ4n) is 1.32. The summed E-state index contributed by atoms with van der Waals surface area (Å²) in [7, 11) is 0. The van der Waals surface area contributed by atoms with E-state index >= 15 is 0 Å². The summed E-state index contributed by atoms with van der Waals surface area (Å²) in [6, 6.07) is 3.42. The molecule has 0 saturated heterocycles. The zero-order valence-electron chi connectivity index (χ0n) is 9.27. The Hall–Kier alpha value is -0.290. The van der Waals surface area contributed by atoms with Crippen molar-refractivity contribution in [3.05, 3.63) is 26.7 Å². The van der Waals surface area contributed by atoms with Gasteiger partial charge in [-0.3, -0.25) is 4.79 Å². The van der Waals surface area contributed by atoms with Crippen LogP contribution in [0.2, 0.25) is 10.0 Å². The van der Waals surface area contributed by atoms with E-state index in [2.05, 4.69) is 21.2 Å². The fourth-order valence-corrected chi connectivity index (χ4v) is 2.14. The number of benzene rings is 1. The number of hydrogen-bond acceptors (Lipinski definition) is 2. The highest BCUT2D eigenvalue weighted by Gasteiger charge is 2.17. The molecule has 0 heterocycles. The van der Waals surface area contributed by atoms with Crippen molar-refractivity contribution in [3.63, 3.8) is 0 Å². The van der Waals surface area contributed by atoms with Crippen molar-refractivity contribution in [2.24, 2.45) is 11.7 Å². The second-order valence-corrected chi connectivity index (χ2v) is 5.16. The molecule has 1 unspecified atom stereocenters. The molecule has 0 aromatic heterocycles. The SMILES string of the molecule is CCC(CN)C(=O)Nc1ccc(Br)c(Cl)c1Cl. The maximum atomic E-state index is 11.8. The third kappa shape index (κ3) is 3.58. The maximum absolute atomic E-state index is 11.8. The fraction of sp³-hybridized carbons (Fsp3) is 0.364. The van der Waals surface area contributed by atoms with Gasteiger partial charge in [0.05, 0.1) is 21.7 Å². The molecule has 1 aromatic rings. The molecule has 1 rings (SSSR count). The number of nitrogens with two attached hydrogens (primary N) is 1. The summed E-state index contributed by atoms with van der Waals surface area (Å²) in [4.78, 5) is 11.8. The normalized spacial score (nSPS) is 12.3. The molecular formula is C11H13BrCl2N2O. The van der Waals surface area contributed by atoms with E-state index in [9.17, 15) is 4.79 Å².